The average molecular weight is 604 g/mol. The molecular formula is C37H37N3O5. The quantitative estimate of drug-likeness (QED) is 0.166. The van der Waals surface area contributed by atoms with Crippen molar-refractivity contribution in [2.75, 3.05) is 20.3 Å². The van der Waals surface area contributed by atoms with Gasteiger partial charge in [0.15, 0.2) is 11.5 Å². The summed E-state index contributed by atoms with van der Waals surface area (Å²) in [5.74, 6) is 1.99. The first-order valence-corrected chi connectivity index (χ1v) is 15.1. The topological polar surface area (TPSA) is 96.9 Å². The summed E-state index contributed by atoms with van der Waals surface area (Å²) < 4.78 is 17.6. The third kappa shape index (κ3) is 5.96. The van der Waals surface area contributed by atoms with E-state index in [0.717, 1.165) is 39.1 Å². The van der Waals surface area contributed by atoms with Crippen molar-refractivity contribution in [3.05, 3.63) is 124 Å². The fraction of sp³-hybridized carbons (Fsp3) is 0.243. The van der Waals surface area contributed by atoms with Gasteiger partial charge in [0.2, 0.25) is 0 Å². The Morgan fingerprint density at radius 3 is 2.40 bits per heavy atom. The molecule has 2 heterocycles. The molecule has 0 saturated heterocycles. The van der Waals surface area contributed by atoms with Gasteiger partial charge in [-0.25, -0.2) is 0 Å². The van der Waals surface area contributed by atoms with Gasteiger partial charge in [-0.2, -0.15) is 5.10 Å². The second-order valence-electron chi connectivity index (χ2n) is 11.2. The van der Waals surface area contributed by atoms with Crippen LogP contribution in [0.15, 0.2) is 84.9 Å². The van der Waals surface area contributed by atoms with Crippen LogP contribution < -0.4 is 14.2 Å². The summed E-state index contributed by atoms with van der Waals surface area (Å²) in [4.78, 5) is 15.9. The van der Waals surface area contributed by atoms with Crippen molar-refractivity contribution in [1.82, 2.24) is 15.1 Å². The highest BCUT2D eigenvalue weighted by Crippen LogP contribution is 2.47. The normalized spacial score (nSPS) is 14.0. The van der Waals surface area contributed by atoms with E-state index in [2.05, 4.69) is 10.2 Å². The number of aromatic hydroxyl groups is 1. The zero-order valence-electron chi connectivity index (χ0n) is 26.0. The fourth-order valence-electron chi connectivity index (χ4n) is 6.08. The summed E-state index contributed by atoms with van der Waals surface area (Å²) in [6.45, 7) is 7.14. The SMILES string of the molecule is CCOc1cc(C2c3c(-c4c(C)cc(C)cc4O)n[nH]c3C(=O)N2CCc2ccc(OC)cc2)ccc1OCc1ccccc1. The van der Waals surface area contributed by atoms with Crippen LogP contribution >= 0.6 is 0 Å². The van der Waals surface area contributed by atoms with Crippen molar-refractivity contribution < 1.29 is 24.1 Å². The number of nitrogens with one attached hydrogen (secondary N) is 1. The van der Waals surface area contributed by atoms with Crippen LogP contribution in [0.4, 0.5) is 0 Å². The molecule has 0 radical (unpaired) electrons. The van der Waals surface area contributed by atoms with Crippen molar-refractivity contribution in [2.45, 2.75) is 39.8 Å². The lowest BCUT2D eigenvalue weighted by molar-refractivity contribution is 0.0745. The number of amides is 1. The standard InChI is InChI=1S/C37H37N3O5/c1-5-44-31-21-27(13-16-30(31)45-22-26-9-7-6-8-10-26)36-33-34(32-24(3)19-23(2)20-29(32)41)38-39-35(33)37(42)40(36)18-17-25-11-14-28(43-4)15-12-25/h6-16,19-21,36,41H,5,17-18,22H2,1-4H3,(H,38,39). The van der Waals surface area contributed by atoms with Gasteiger partial charge in [0.25, 0.3) is 5.91 Å². The first-order valence-electron chi connectivity index (χ1n) is 15.1. The molecule has 8 nitrogen and oxygen atoms in total. The molecule has 0 bridgehead atoms. The number of H-pyrrole nitrogens is 1. The Hall–Kier alpha value is -5.24. The van der Waals surface area contributed by atoms with Crippen LogP contribution in [0, 0.1) is 13.8 Å². The number of benzene rings is 4. The number of methoxy groups -OCH3 is 1. The number of hydrogen-bond donors (Lipinski definition) is 2. The summed E-state index contributed by atoms with van der Waals surface area (Å²) in [5.41, 5.74) is 7.15. The zero-order chi connectivity index (χ0) is 31.5. The van der Waals surface area contributed by atoms with Crippen LogP contribution in [0.3, 0.4) is 0 Å². The van der Waals surface area contributed by atoms with E-state index in [9.17, 15) is 9.90 Å². The molecule has 45 heavy (non-hydrogen) atoms. The maximum atomic E-state index is 14.0. The highest BCUT2D eigenvalue weighted by atomic mass is 16.5. The van der Waals surface area contributed by atoms with Gasteiger partial charge in [-0.3, -0.25) is 9.89 Å². The minimum absolute atomic E-state index is 0.129. The summed E-state index contributed by atoms with van der Waals surface area (Å²) in [6, 6.07) is 27.0. The first kappa shape index (κ1) is 29.8. The molecule has 1 aliphatic heterocycles. The average Bonchev–Trinajstić information content (AvgIpc) is 3.58. The molecule has 5 aromatic rings. The largest absolute Gasteiger partial charge is 0.507 e. The maximum absolute atomic E-state index is 14.0. The molecule has 4 aromatic carbocycles. The van der Waals surface area contributed by atoms with Gasteiger partial charge in [-0.1, -0.05) is 54.6 Å². The Balaban J connectivity index is 1.41. The van der Waals surface area contributed by atoms with Gasteiger partial charge < -0.3 is 24.2 Å². The van der Waals surface area contributed by atoms with Gasteiger partial charge in [-0.15, -0.1) is 0 Å². The van der Waals surface area contributed by atoms with Crippen LogP contribution in [0.25, 0.3) is 11.3 Å². The molecular weight excluding hydrogens is 566 g/mol. The van der Waals surface area contributed by atoms with E-state index in [-0.39, 0.29) is 11.7 Å². The number of rotatable bonds is 11. The summed E-state index contributed by atoms with van der Waals surface area (Å²) in [6.07, 6.45) is 0.644. The molecule has 1 aromatic heterocycles. The Morgan fingerprint density at radius 1 is 0.911 bits per heavy atom. The van der Waals surface area contributed by atoms with Gasteiger partial charge in [0.1, 0.15) is 29.5 Å². The number of phenolic OH excluding ortho intramolecular Hbond substituents is 1. The number of carbonyl (C=O) groups excluding carboxylic acids is 1. The fourth-order valence-corrected chi connectivity index (χ4v) is 6.08. The van der Waals surface area contributed by atoms with Crippen LogP contribution in [0.1, 0.15) is 56.8 Å². The van der Waals surface area contributed by atoms with Gasteiger partial charge in [0, 0.05) is 17.7 Å². The van der Waals surface area contributed by atoms with Crippen molar-refractivity contribution >= 4 is 5.91 Å². The predicted octanol–water partition coefficient (Wildman–Crippen LogP) is 7.17. The van der Waals surface area contributed by atoms with Gasteiger partial charge in [-0.05, 0) is 85.3 Å². The summed E-state index contributed by atoms with van der Waals surface area (Å²) in [5, 5.41) is 18.7. The number of ether oxygens (including phenoxy) is 3. The third-order valence-electron chi connectivity index (χ3n) is 8.18. The van der Waals surface area contributed by atoms with E-state index in [1.54, 1.807) is 13.2 Å². The third-order valence-corrected chi connectivity index (χ3v) is 8.18. The van der Waals surface area contributed by atoms with E-state index in [4.69, 9.17) is 14.2 Å². The number of aromatic amines is 1. The van der Waals surface area contributed by atoms with Gasteiger partial charge in [0.05, 0.1) is 19.8 Å². The second kappa shape index (κ2) is 12.8. The maximum Gasteiger partial charge on any atom is 0.273 e. The molecule has 1 unspecified atom stereocenters. The Bertz CT molecular complexity index is 1790. The molecule has 8 heteroatoms. The lowest BCUT2D eigenvalue weighted by Gasteiger charge is -2.27. The van der Waals surface area contributed by atoms with E-state index < -0.39 is 6.04 Å². The van der Waals surface area contributed by atoms with Crippen molar-refractivity contribution in [3.8, 4) is 34.3 Å². The number of aromatic nitrogens is 2. The summed E-state index contributed by atoms with van der Waals surface area (Å²) >= 11 is 0. The smallest absolute Gasteiger partial charge is 0.273 e. The van der Waals surface area contributed by atoms with E-state index in [1.807, 2.05) is 105 Å². The molecule has 0 aliphatic carbocycles. The van der Waals surface area contributed by atoms with Crippen molar-refractivity contribution in [1.29, 1.82) is 0 Å². The first-order chi connectivity index (χ1) is 21.9. The molecule has 0 spiro atoms. The lowest BCUT2D eigenvalue weighted by Crippen LogP contribution is -2.31. The zero-order valence-corrected chi connectivity index (χ0v) is 26.0. The number of carbonyl (C=O) groups is 1. The molecule has 1 amide bonds. The highest BCUT2D eigenvalue weighted by Gasteiger charge is 2.43. The van der Waals surface area contributed by atoms with Crippen molar-refractivity contribution in [3.63, 3.8) is 0 Å². The number of aryl methyl sites for hydroxylation is 2. The Labute approximate surface area is 263 Å². The molecule has 2 N–H and O–H groups in total. The number of fused-ring (bicyclic) bond motifs is 1. The molecule has 6 rings (SSSR count). The monoisotopic (exact) mass is 603 g/mol. The van der Waals surface area contributed by atoms with Gasteiger partial charge >= 0.3 is 0 Å². The molecule has 1 aliphatic rings. The molecule has 1 atom stereocenters. The van der Waals surface area contributed by atoms with Crippen LogP contribution in [-0.4, -0.2) is 46.4 Å². The Morgan fingerprint density at radius 2 is 1.69 bits per heavy atom. The van der Waals surface area contributed by atoms with E-state index >= 15 is 0 Å². The minimum atomic E-state index is -0.470. The van der Waals surface area contributed by atoms with Crippen LogP contribution in [-0.2, 0) is 13.0 Å². The van der Waals surface area contributed by atoms with Crippen molar-refractivity contribution in [2.24, 2.45) is 0 Å². The molecule has 230 valence electrons. The molecule has 0 saturated carbocycles. The van der Waals surface area contributed by atoms with Crippen LogP contribution in [0.5, 0.6) is 23.0 Å². The Kier molecular flexibility index (Phi) is 8.47. The summed E-state index contributed by atoms with van der Waals surface area (Å²) in [7, 11) is 1.64. The van der Waals surface area contributed by atoms with Crippen LogP contribution in [0.2, 0.25) is 0 Å². The van der Waals surface area contributed by atoms with E-state index in [1.165, 1.54) is 0 Å². The lowest BCUT2D eigenvalue weighted by atomic mass is 9.93. The number of nitrogens with zero attached hydrogens (tertiary/aromatic N) is 2. The van der Waals surface area contributed by atoms with E-state index in [0.29, 0.717) is 54.6 Å². The predicted molar refractivity (Wildman–Crippen MR) is 173 cm³/mol. The number of phenols is 1. The minimum Gasteiger partial charge on any atom is -0.507 e. The number of hydrogen-bond acceptors (Lipinski definition) is 6. The second-order valence-corrected chi connectivity index (χ2v) is 11.2. The highest BCUT2D eigenvalue weighted by molar-refractivity contribution is 6.00. The molecule has 0 fully saturated rings.